The molecule has 13 heavy (non-hydrogen) atoms. The van der Waals surface area contributed by atoms with Crippen LogP contribution in [0.3, 0.4) is 0 Å². The van der Waals surface area contributed by atoms with Crippen molar-refractivity contribution in [3.8, 4) is 0 Å². The van der Waals surface area contributed by atoms with Gasteiger partial charge in [-0.15, -0.1) is 0 Å². The van der Waals surface area contributed by atoms with E-state index in [1.165, 1.54) is 0 Å². The van der Waals surface area contributed by atoms with E-state index in [0.29, 0.717) is 0 Å². The molecule has 1 rings (SSSR count). The molecule has 0 aromatic heterocycles. The molecule has 0 aliphatic carbocycles. The summed E-state index contributed by atoms with van der Waals surface area (Å²) in [6, 6.07) is 0. The van der Waals surface area contributed by atoms with Crippen LogP contribution in [-0.4, -0.2) is 42.9 Å². The predicted octanol–water partition coefficient (Wildman–Crippen LogP) is 1.30. The number of likely N-dealkylation sites (tertiary alicyclic amines) is 1. The first-order valence-corrected chi connectivity index (χ1v) is 5.05. The summed E-state index contributed by atoms with van der Waals surface area (Å²) in [7, 11) is 0. The number of hydrogen-bond donors (Lipinski definition) is 1. The van der Waals surface area contributed by atoms with Crippen molar-refractivity contribution in [1.29, 1.82) is 0 Å². The van der Waals surface area contributed by atoms with Crippen molar-refractivity contribution in [3.63, 3.8) is 0 Å². The largest absolute Gasteiger partial charge is 0.396 e. The summed E-state index contributed by atoms with van der Waals surface area (Å²) < 4.78 is 12.7. The van der Waals surface area contributed by atoms with Crippen LogP contribution < -0.4 is 0 Å². The summed E-state index contributed by atoms with van der Waals surface area (Å²) in [4.78, 5) is 2.28. The third-order valence-electron chi connectivity index (χ3n) is 3.36. The number of nitrogens with zero attached hydrogens (tertiary/aromatic N) is 1. The Balaban J connectivity index is 2.62. The molecule has 1 fully saturated rings. The summed E-state index contributed by atoms with van der Waals surface area (Å²) in [6.07, 6.45) is 0.876. The highest BCUT2D eigenvalue weighted by Crippen LogP contribution is 2.34. The first kappa shape index (κ1) is 10.9. The average Bonchev–Trinajstić information content (AvgIpc) is 2.17. The topological polar surface area (TPSA) is 23.5 Å². The van der Waals surface area contributed by atoms with E-state index in [0.717, 1.165) is 26.1 Å². The molecular formula is C10H20FNO. The van der Waals surface area contributed by atoms with E-state index in [4.69, 9.17) is 0 Å². The van der Waals surface area contributed by atoms with Crippen LogP contribution in [-0.2, 0) is 0 Å². The molecule has 0 spiro atoms. The lowest BCUT2D eigenvalue weighted by molar-refractivity contribution is -0.0126. The minimum absolute atomic E-state index is 0.0419. The SMILES string of the molecule is CCN1CC[C@H](CF)[C@](C)(CO)C1. The van der Waals surface area contributed by atoms with Gasteiger partial charge in [-0.3, -0.25) is 4.39 Å². The van der Waals surface area contributed by atoms with Crippen molar-refractivity contribution in [2.24, 2.45) is 11.3 Å². The van der Waals surface area contributed by atoms with Crippen LogP contribution in [0.4, 0.5) is 4.39 Å². The number of alkyl halides is 1. The monoisotopic (exact) mass is 189 g/mol. The molecule has 3 heteroatoms. The number of hydrogen-bond acceptors (Lipinski definition) is 2. The van der Waals surface area contributed by atoms with E-state index in [1.54, 1.807) is 0 Å². The Morgan fingerprint density at radius 3 is 2.77 bits per heavy atom. The molecule has 1 saturated heterocycles. The zero-order valence-corrected chi connectivity index (χ0v) is 8.59. The first-order chi connectivity index (χ1) is 6.16. The van der Waals surface area contributed by atoms with Gasteiger partial charge in [0.15, 0.2) is 0 Å². The molecule has 0 radical (unpaired) electrons. The Hall–Kier alpha value is -0.150. The Morgan fingerprint density at radius 2 is 2.31 bits per heavy atom. The van der Waals surface area contributed by atoms with Crippen LogP contribution in [0.5, 0.6) is 0 Å². The van der Waals surface area contributed by atoms with E-state index < -0.39 is 0 Å². The number of halogens is 1. The molecule has 1 N–H and O–H groups in total. The normalized spacial score (nSPS) is 36.5. The van der Waals surface area contributed by atoms with Crippen LogP contribution in [0.1, 0.15) is 20.3 Å². The fourth-order valence-electron chi connectivity index (χ4n) is 2.12. The molecule has 0 amide bonds. The highest BCUT2D eigenvalue weighted by Gasteiger charge is 2.38. The molecule has 2 atom stereocenters. The Labute approximate surface area is 79.7 Å². The molecule has 0 aromatic carbocycles. The van der Waals surface area contributed by atoms with Gasteiger partial charge in [-0.25, -0.2) is 0 Å². The van der Waals surface area contributed by atoms with Gasteiger partial charge in [0.05, 0.1) is 13.3 Å². The van der Waals surface area contributed by atoms with E-state index in [2.05, 4.69) is 11.8 Å². The van der Waals surface area contributed by atoms with Crippen LogP contribution in [0.15, 0.2) is 0 Å². The fourth-order valence-corrected chi connectivity index (χ4v) is 2.12. The quantitative estimate of drug-likeness (QED) is 0.723. The molecule has 2 nitrogen and oxygen atoms in total. The smallest absolute Gasteiger partial charge is 0.0929 e. The lowest BCUT2D eigenvalue weighted by Crippen LogP contribution is -2.49. The van der Waals surface area contributed by atoms with E-state index in [1.807, 2.05) is 6.92 Å². The highest BCUT2D eigenvalue weighted by atomic mass is 19.1. The van der Waals surface area contributed by atoms with Crippen LogP contribution in [0.2, 0.25) is 0 Å². The second kappa shape index (κ2) is 4.38. The highest BCUT2D eigenvalue weighted by molar-refractivity contribution is 4.89. The molecule has 0 unspecified atom stereocenters. The summed E-state index contributed by atoms with van der Waals surface area (Å²) in [5.74, 6) is 0.0419. The van der Waals surface area contributed by atoms with Crippen molar-refractivity contribution in [1.82, 2.24) is 4.90 Å². The van der Waals surface area contributed by atoms with Crippen molar-refractivity contribution in [2.45, 2.75) is 20.3 Å². The summed E-state index contributed by atoms with van der Waals surface area (Å²) >= 11 is 0. The van der Waals surface area contributed by atoms with Crippen molar-refractivity contribution in [2.75, 3.05) is 32.9 Å². The number of aliphatic hydroxyl groups excluding tert-OH is 1. The third-order valence-corrected chi connectivity index (χ3v) is 3.36. The zero-order chi connectivity index (χ0) is 9.90. The fraction of sp³-hybridized carbons (Fsp3) is 1.00. The van der Waals surface area contributed by atoms with Crippen molar-refractivity contribution >= 4 is 0 Å². The van der Waals surface area contributed by atoms with E-state index in [9.17, 15) is 9.50 Å². The van der Waals surface area contributed by atoms with Gasteiger partial charge in [0.25, 0.3) is 0 Å². The molecule has 1 heterocycles. The van der Waals surface area contributed by atoms with Gasteiger partial charge < -0.3 is 10.0 Å². The third kappa shape index (κ3) is 2.20. The van der Waals surface area contributed by atoms with Crippen LogP contribution in [0.25, 0.3) is 0 Å². The number of rotatable bonds is 3. The van der Waals surface area contributed by atoms with E-state index >= 15 is 0 Å². The Morgan fingerprint density at radius 1 is 1.62 bits per heavy atom. The van der Waals surface area contributed by atoms with E-state index in [-0.39, 0.29) is 24.6 Å². The maximum atomic E-state index is 12.7. The van der Waals surface area contributed by atoms with Gasteiger partial charge in [-0.1, -0.05) is 13.8 Å². The maximum absolute atomic E-state index is 12.7. The standard InChI is InChI=1S/C10H20FNO/c1-3-12-5-4-9(6-11)10(2,7-12)8-13/h9,13H,3-8H2,1-2H3/t9-,10+/m1/s1. The number of piperidine rings is 1. The molecule has 0 aromatic rings. The summed E-state index contributed by atoms with van der Waals surface area (Å²) in [5.41, 5.74) is -0.233. The zero-order valence-electron chi connectivity index (χ0n) is 8.59. The van der Waals surface area contributed by atoms with Crippen LogP contribution in [0, 0.1) is 11.3 Å². The molecule has 0 bridgehead atoms. The molecule has 78 valence electrons. The predicted molar refractivity (Wildman–Crippen MR) is 51.4 cm³/mol. The lowest BCUT2D eigenvalue weighted by Gasteiger charge is -2.44. The van der Waals surface area contributed by atoms with Gasteiger partial charge >= 0.3 is 0 Å². The second-order valence-electron chi connectivity index (χ2n) is 4.32. The minimum Gasteiger partial charge on any atom is -0.396 e. The van der Waals surface area contributed by atoms with Gasteiger partial charge in [-0.2, -0.15) is 0 Å². The molecule has 0 saturated carbocycles. The lowest BCUT2D eigenvalue weighted by atomic mass is 9.73. The van der Waals surface area contributed by atoms with Crippen molar-refractivity contribution in [3.05, 3.63) is 0 Å². The Kier molecular flexibility index (Phi) is 3.68. The summed E-state index contributed by atoms with van der Waals surface area (Å²) in [5, 5.41) is 9.27. The second-order valence-corrected chi connectivity index (χ2v) is 4.32. The minimum atomic E-state index is -0.297. The maximum Gasteiger partial charge on any atom is 0.0929 e. The van der Waals surface area contributed by atoms with Crippen LogP contribution >= 0.6 is 0 Å². The van der Waals surface area contributed by atoms with Gasteiger partial charge in [-0.05, 0) is 25.4 Å². The average molecular weight is 189 g/mol. The Bertz CT molecular complexity index is 165. The van der Waals surface area contributed by atoms with Gasteiger partial charge in [0.2, 0.25) is 0 Å². The molecule has 1 aliphatic rings. The van der Waals surface area contributed by atoms with Gasteiger partial charge in [0, 0.05) is 12.0 Å². The molecular weight excluding hydrogens is 169 g/mol. The number of aliphatic hydroxyl groups is 1. The first-order valence-electron chi connectivity index (χ1n) is 5.05. The van der Waals surface area contributed by atoms with Gasteiger partial charge in [0.1, 0.15) is 0 Å². The van der Waals surface area contributed by atoms with Crippen molar-refractivity contribution < 1.29 is 9.50 Å². The summed E-state index contributed by atoms with van der Waals surface area (Å²) in [6.45, 7) is 6.68. The molecule has 1 aliphatic heterocycles.